The van der Waals surface area contributed by atoms with Crippen molar-refractivity contribution >= 4 is 17.2 Å². The number of benzene rings is 2. The van der Waals surface area contributed by atoms with Gasteiger partial charge in [0.25, 0.3) is 5.91 Å². The molecule has 150 valence electrons. The molecule has 2 heterocycles. The normalized spacial score (nSPS) is 17.0. The van der Waals surface area contributed by atoms with E-state index in [2.05, 4.69) is 0 Å². The van der Waals surface area contributed by atoms with Gasteiger partial charge in [0.15, 0.2) is 0 Å². The molecule has 1 fully saturated rings. The Kier molecular flexibility index (Phi) is 5.21. The maximum absolute atomic E-state index is 13.2. The number of nitrogens with zero attached hydrogens (tertiary/aromatic N) is 1. The van der Waals surface area contributed by atoms with E-state index in [1.807, 2.05) is 47.5 Å². The Morgan fingerprint density at radius 3 is 2.62 bits per heavy atom. The SMILES string of the molecule is Cc1ccsc1C(=O)N1CCC[C@H]1c1ccccc1-c1cccc(C(F)(F)F)c1. The highest BCUT2D eigenvalue weighted by atomic mass is 32.1. The predicted molar refractivity (Wildman–Crippen MR) is 109 cm³/mol. The van der Waals surface area contributed by atoms with Crippen LogP contribution in [0.25, 0.3) is 11.1 Å². The summed E-state index contributed by atoms with van der Waals surface area (Å²) in [4.78, 5) is 15.7. The molecule has 0 saturated carbocycles. The Balaban J connectivity index is 1.73. The van der Waals surface area contributed by atoms with Crippen LogP contribution in [0.4, 0.5) is 13.2 Å². The van der Waals surface area contributed by atoms with E-state index < -0.39 is 11.7 Å². The van der Waals surface area contributed by atoms with Crippen LogP contribution in [0, 0.1) is 6.92 Å². The van der Waals surface area contributed by atoms with Crippen molar-refractivity contribution in [3.8, 4) is 11.1 Å². The highest BCUT2D eigenvalue weighted by Crippen LogP contribution is 2.40. The number of carbonyl (C=O) groups is 1. The molecule has 29 heavy (non-hydrogen) atoms. The third-order valence-electron chi connectivity index (χ3n) is 5.39. The minimum atomic E-state index is -4.39. The number of halogens is 3. The number of carbonyl (C=O) groups excluding carboxylic acids is 1. The van der Waals surface area contributed by atoms with Crippen LogP contribution >= 0.6 is 11.3 Å². The first-order chi connectivity index (χ1) is 13.9. The summed E-state index contributed by atoms with van der Waals surface area (Å²) in [6, 6.07) is 14.6. The highest BCUT2D eigenvalue weighted by molar-refractivity contribution is 7.12. The summed E-state index contributed by atoms with van der Waals surface area (Å²) in [6.07, 6.45) is -2.72. The number of hydrogen-bond acceptors (Lipinski definition) is 2. The molecule has 0 radical (unpaired) electrons. The molecule has 0 spiro atoms. The quantitative estimate of drug-likeness (QED) is 0.465. The van der Waals surface area contributed by atoms with Gasteiger partial charge in [0.05, 0.1) is 16.5 Å². The Bertz CT molecular complexity index is 1040. The molecule has 2 aromatic carbocycles. The fourth-order valence-electron chi connectivity index (χ4n) is 3.97. The first kappa shape index (κ1) is 19.7. The van der Waals surface area contributed by atoms with Gasteiger partial charge < -0.3 is 4.90 Å². The lowest BCUT2D eigenvalue weighted by Crippen LogP contribution is -2.30. The molecular formula is C23H20F3NOS. The van der Waals surface area contributed by atoms with Crippen LogP contribution in [0.15, 0.2) is 60.0 Å². The Labute approximate surface area is 171 Å². The predicted octanol–water partition coefficient (Wildman–Crippen LogP) is 6.72. The van der Waals surface area contributed by atoms with Gasteiger partial charge in [-0.15, -0.1) is 11.3 Å². The molecule has 0 N–H and O–H groups in total. The zero-order valence-electron chi connectivity index (χ0n) is 15.9. The summed E-state index contributed by atoms with van der Waals surface area (Å²) in [5, 5.41) is 1.91. The van der Waals surface area contributed by atoms with Crippen molar-refractivity contribution in [2.24, 2.45) is 0 Å². The van der Waals surface area contributed by atoms with E-state index in [-0.39, 0.29) is 11.9 Å². The summed E-state index contributed by atoms with van der Waals surface area (Å²) in [7, 11) is 0. The van der Waals surface area contributed by atoms with Gasteiger partial charge in [0, 0.05) is 6.54 Å². The van der Waals surface area contributed by atoms with E-state index in [0.29, 0.717) is 12.1 Å². The number of amides is 1. The molecule has 6 heteroatoms. The summed E-state index contributed by atoms with van der Waals surface area (Å²) in [5.74, 6) is -0.00107. The summed E-state index contributed by atoms with van der Waals surface area (Å²) in [5.41, 5.74) is 2.44. The number of likely N-dealkylation sites (tertiary alicyclic amines) is 1. The lowest BCUT2D eigenvalue weighted by Gasteiger charge is -2.27. The third-order valence-corrected chi connectivity index (χ3v) is 6.40. The van der Waals surface area contributed by atoms with Crippen LogP contribution in [0.3, 0.4) is 0 Å². The van der Waals surface area contributed by atoms with Gasteiger partial charge in [-0.1, -0.05) is 36.4 Å². The van der Waals surface area contributed by atoms with E-state index in [0.717, 1.165) is 40.5 Å². The Morgan fingerprint density at radius 2 is 1.90 bits per heavy atom. The maximum atomic E-state index is 13.2. The van der Waals surface area contributed by atoms with Crippen molar-refractivity contribution in [2.45, 2.75) is 32.0 Å². The fraction of sp³-hybridized carbons (Fsp3) is 0.261. The number of alkyl halides is 3. The highest BCUT2D eigenvalue weighted by Gasteiger charge is 2.34. The zero-order valence-corrected chi connectivity index (χ0v) is 16.7. The average molecular weight is 415 g/mol. The summed E-state index contributed by atoms with van der Waals surface area (Å²) in [6.45, 7) is 2.57. The number of aryl methyl sites for hydroxylation is 1. The summed E-state index contributed by atoms with van der Waals surface area (Å²) < 4.78 is 39.6. The van der Waals surface area contributed by atoms with Gasteiger partial charge in [-0.05, 0) is 65.6 Å². The molecule has 1 aliphatic heterocycles. The lowest BCUT2D eigenvalue weighted by atomic mass is 9.92. The topological polar surface area (TPSA) is 20.3 Å². The van der Waals surface area contributed by atoms with Crippen molar-refractivity contribution in [1.82, 2.24) is 4.90 Å². The van der Waals surface area contributed by atoms with E-state index in [1.165, 1.54) is 23.5 Å². The molecule has 1 amide bonds. The van der Waals surface area contributed by atoms with Crippen molar-refractivity contribution in [3.05, 3.63) is 81.5 Å². The number of hydrogen-bond donors (Lipinski definition) is 0. The molecule has 0 aliphatic carbocycles. The first-order valence-corrected chi connectivity index (χ1v) is 10.4. The smallest absolute Gasteiger partial charge is 0.331 e. The zero-order chi connectivity index (χ0) is 20.6. The van der Waals surface area contributed by atoms with E-state index in [9.17, 15) is 18.0 Å². The van der Waals surface area contributed by atoms with Gasteiger partial charge in [0.2, 0.25) is 0 Å². The lowest BCUT2D eigenvalue weighted by molar-refractivity contribution is -0.137. The molecule has 1 aromatic heterocycles. The second kappa shape index (κ2) is 7.67. The van der Waals surface area contributed by atoms with Crippen LogP contribution < -0.4 is 0 Å². The van der Waals surface area contributed by atoms with Crippen LogP contribution in [0.1, 0.15) is 45.2 Å². The molecule has 1 atom stereocenters. The Morgan fingerprint density at radius 1 is 1.10 bits per heavy atom. The standard InChI is InChI=1S/C23H20F3NOS/c1-15-11-13-29-21(15)22(28)27-12-5-10-20(27)19-9-3-2-8-18(19)16-6-4-7-17(14-16)23(24,25)26/h2-4,6-9,11,13-14,20H,5,10,12H2,1H3/t20-/m0/s1. The van der Waals surface area contributed by atoms with Crippen molar-refractivity contribution in [1.29, 1.82) is 0 Å². The van der Waals surface area contributed by atoms with E-state index >= 15 is 0 Å². The fourth-order valence-corrected chi connectivity index (χ4v) is 4.85. The third kappa shape index (κ3) is 3.81. The van der Waals surface area contributed by atoms with E-state index in [1.54, 1.807) is 6.07 Å². The molecular weight excluding hydrogens is 395 g/mol. The summed E-state index contributed by atoms with van der Waals surface area (Å²) >= 11 is 1.43. The van der Waals surface area contributed by atoms with Gasteiger partial charge in [-0.25, -0.2) is 0 Å². The monoisotopic (exact) mass is 415 g/mol. The van der Waals surface area contributed by atoms with Gasteiger partial charge in [-0.2, -0.15) is 13.2 Å². The van der Waals surface area contributed by atoms with Gasteiger partial charge in [-0.3, -0.25) is 4.79 Å². The average Bonchev–Trinajstić information content (AvgIpc) is 3.36. The molecule has 1 aliphatic rings. The minimum Gasteiger partial charge on any atom is -0.331 e. The van der Waals surface area contributed by atoms with Crippen LogP contribution in [0.5, 0.6) is 0 Å². The van der Waals surface area contributed by atoms with Gasteiger partial charge >= 0.3 is 6.18 Å². The second-order valence-electron chi connectivity index (χ2n) is 7.26. The number of thiophene rings is 1. The maximum Gasteiger partial charge on any atom is 0.416 e. The second-order valence-corrected chi connectivity index (χ2v) is 8.17. The number of rotatable bonds is 3. The molecule has 1 saturated heterocycles. The molecule has 4 rings (SSSR count). The van der Waals surface area contributed by atoms with Gasteiger partial charge in [0.1, 0.15) is 0 Å². The van der Waals surface area contributed by atoms with E-state index in [4.69, 9.17) is 0 Å². The molecule has 2 nitrogen and oxygen atoms in total. The van der Waals surface area contributed by atoms with Crippen LogP contribution in [-0.4, -0.2) is 17.4 Å². The van der Waals surface area contributed by atoms with Crippen LogP contribution in [-0.2, 0) is 6.18 Å². The Hall–Kier alpha value is -2.60. The van der Waals surface area contributed by atoms with Crippen molar-refractivity contribution in [2.75, 3.05) is 6.54 Å². The van der Waals surface area contributed by atoms with Crippen molar-refractivity contribution in [3.63, 3.8) is 0 Å². The molecule has 0 unspecified atom stereocenters. The minimum absolute atomic E-state index is 0.00107. The van der Waals surface area contributed by atoms with Crippen molar-refractivity contribution < 1.29 is 18.0 Å². The first-order valence-electron chi connectivity index (χ1n) is 9.48. The molecule has 3 aromatic rings. The largest absolute Gasteiger partial charge is 0.416 e. The van der Waals surface area contributed by atoms with Crippen LogP contribution in [0.2, 0.25) is 0 Å². The molecule has 0 bridgehead atoms.